The summed E-state index contributed by atoms with van der Waals surface area (Å²) in [6.07, 6.45) is -0.753. The van der Waals surface area contributed by atoms with Crippen LogP contribution < -0.4 is 4.74 Å². The van der Waals surface area contributed by atoms with E-state index >= 15 is 0 Å². The van der Waals surface area contributed by atoms with Gasteiger partial charge in [0.15, 0.2) is 5.82 Å². The number of carbonyl (C=O) groups is 1. The average molecular weight is 563 g/mol. The SMILES string of the molecule is CC(C)(C)OC(=O)N1Cc2cc(C3(Cl)CCC(Oc4ccc(C(F)(F)F)cc4)CC3)ccc2-n2cnnc2C1. The van der Waals surface area contributed by atoms with Gasteiger partial charge in [0.05, 0.1) is 35.3 Å². The van der Waals surface area contributed by atoms with Crippen LogP contribution in [0.2, 0.25) is 0 Å². The van der Waals surface area contributed by atoms with Crippen molar-refractivity contribution >= 4 is 17.7 Å². The maximum atomic E-state index is 13.0. The number of alkyl halides is 4. The summed E-state index contributed by atoms with van der Waals surface area (Å²) in [6.45, 7) is 6.06. The van der Waals surface area contributed by atoms with E-state index in [4.69, 9.17) is 21.1 Å². The molecule has 1 aromatic heterocycles. The lowest BCUT2D eigenvalue weighted by molar-refractivity contribution is -0.137. The first-order valence-electron chi connectivity index (χ1n) is 12.8. The number of benzene rings is 2. The number of nitrogens with zero attached hydrogens (tertiary/aromatic N) is 4. The van der Waals surface area contributed by atoms with Crippen molar-refractivity contribution in [2.24, 2.45) is 0 Å². The third-order valence-electron chi connectivity index (χ3n) is 7.03. The lowest BCUT2D eigenvalue weighted by Gasteiger charge is -2.36. The summed E-state index contributed by atoms with van der Waals surface area (Å²) in [6, 6.07) is 10.8. The van der Waals surface area contributed by atoms with Gasteiger partial charge in [-0.05, 0) is 87.9 Å². The van der Waals surface area contributed by atoms with E-state index in [1.165, 1.54) is 12.1 Å². The maximum absolute atomic E-state index is 13.0. The molecule has 0 spiro atoms. The number of aromatic nitrogens is 3. The molecule has 11 heteroatoms. The molecule has 39 heavy (non-hydrogen) atoms. The fourth-order valence-corrected chi connectivity index (χ4v) is 5.39. The van der Waals surface area contributed by atoms with Crippen molar-refractivity contribution in [3.05, 3.63) is 71.3 Å². The Morgan fingerprint density at radius 2 is 1.74 bits per heavy atom. The summed E-state index contributed by atoms with van der Waals surface area (Å²) < 4.78 is 52.0. The number of rotatable bonds is 3. The molecule has 0 radical (unpaired) electrons. The van der Waals surface area contributed by atoms with E-state index in [0.29, 0.717) is 43.8 Å². The Labute approximate surface area is 229 Å². The molecule has 5 rings (SSSR count). The van der Waals surface area contributed by atoms with Crippen LogP contribution in [-0.2, 0) is 28.9 Å². The lowest BCUT2D eigenvalue weighted by Crippen LogP contribution is -2.36. The Kier molecular flexibility index (Phi) is 7.03. The molecular formula is C28H30ClF3N4O3. The molecule has 0 unspecified atom stereocenters. The topological polar surface area (TPSA) is 69.5 Å². The van der Waals surface area contributed by atoms with Crippen LogP contribution in [0.4, 0.5) is 18.0 Å². The number of hydrogen-bond acceptors (Lipinski definition) is 5. The summed E-state index contributed by atoms with van der Waals surface area (Å²) in [7, 11) is 0. The second-order valence-electron chi connectivity index (χ2n) is 11.1. The third-order valence-corrected chi connectivity index (χ3v) is 7.63. The highest BCUT2D eigenvalue weighted by atomic mass is 35.5. The molecule has 2 heterocycles. The van der Waals surface area contributed by atoms with Gasteiger partial charge in [-0.25, -0.2) is 4.79 Å². The Balaban J connectivity index is 1.31. The number of hydrogen-bond donors (Lipinski definition) is 0. The van der Waals surface area contributed by atoms with E-state index in [1.54, 1.807) is 11.2 Å². The van der Waals surface area contributed by atoms with E-state index < -0.39 is 28.3 Å². The standard InChI is InChI=1S/C28H30ClF3N4O3/c1-26(2,3)39-25(37)35-15-18-14-20(6-9-23(18)36-17-33-34-24(36)16-35)27(29)12-10-22(11-13-27)38-21-7-4-19(5-8-21)28(30,31)32/h4-9,14,17,22H,10-13,15-16H2,1-3H3. The molecule has 1 aliphatic heterocycles. The second kappa shape index (κ2) is 10.0. The molecule has 2 aliphatic rings. The first kappa shape index (κ1) is 27.3. The van der Waals surface area contributed by atoms with Crippen molar-refractivity contribution in [2.75, 3.05) is 0 Å². The average Bonchev–Trinajstić information content (AvgIpc) is 3.25. The van der Waals surface area contributed by atoms with Crippen molar-refractivity contribution < 1.29 is 27.4 Å². The van der Waals surface area contributed by atoms with Crippen molar-refractivity contribution in [3.63, 3.8) is 0 Å². The number of fused-ring (bicyclic) bond motifs is 3. The van der Waals surface area contributed by atoms with Gasteiger partial charge in [-0.2, -0.15) is 13.2 Å². The molecular weight excluding hydrogens is 533 g/mol. The monoisotopic (exact) mass is 562 g/mol. The van der Waals surface area contributed by atoms with E-state index in [-0.39, 0.29) is 12.6 Å². The van der Waals surface area contributed by atoms with Crippen LogP contribution in [0.1, 0.15) is 69.0 Å². The first-order chi connectivity index (χ1) is 18.3. The molecule has 1 fully saturated rings. The maximum Gasteiger partial charge on any atom is 0.416 e. The van der Waals surface area contributed by atoms with Crippen LogP contribution in [0.3, 0.4) is 0 Å². The normalized spacial score (nSPS) is 21.5. The highest BCUT2D eigenvalue weighted by Gasteiger charge is 2.37. The van der Waals surface area contributed by atoms with Gasteiger partial charge < -0.3 is 9.47 Å². The van der Waals surface area contributed by atoms with Gasteiger partial charge in [0.25, 0.3) is 0 Å². The molecule has 0 bridgehead atoms. The van der Waals surface area contributed by atoms with Gasteiger partial charge in [0, 0.05) is 0 Å². The van der Waals surface area contributed by atoms with E-state index in [9.17, 15) is 18.0 Å². The minimum absolute atomic E-state index is 0.142. The van der Waals surface area contributed by atoms with Gasteiger partial charge in [-0.15, -0.1) is 21.8 Å². The van der Waals surface area contributed by atoms with Crippen LogP contribution in [0.5, 0.6) is 5.75 Å². The van der Waals surface area contributed by atoms with Crippen molar-refractivity contribution in [2.45, 2.75) is 82.3 Å². The van der Waals surface area contributed by atoms with Crippen LogP contribution >= 0.6 is 11.6 Å². The molecule has 2 aromatic carbocycles. The molecule has 1 saturated carbocycles. The number of ether oxygens (including phenoxy) is 2. The molecule has 3 aromatic rings. The zero-order valence-electron chi connectivity index (χ0n) is 22.0. The van der Waals surface area contributed by atoms with E-state index in [1.807, 2.05) is 43.5 Å². The number of amides is 1. The van der Waals surface area contributed by atoms with E-state index in [0.717, 1.165) is 28.9 Å². The zero-order valence-corrected chi connectivity index (χ0v) is 22.7. The fourth-order valence-electron chi connectivity index (χ4n) is 5.05. The smallest absolute Gasteiger partial charge is 0.416 e. The zero-order chi connectivity index (χ0) is 28.0. The van der Waals surface area contributed by atoms with Crippen LogP contribution in [0.15, 0.2) is 48.8 Å². The molecule has 7 nitrogen and oxygen atoms in total. The summed E-state index contributed by atoms with van der Waals surface area (Å²) in [5.41, 5.74) is 1.38. The molecule has 208 valence electrons. The third kappa shape index (κ3) is 6.00. The first-order valence-corrected chi connectivity index (χ1v) is 13.2. The Morgan fingerprint density at radius 3 is 2.38 bits per heavy atom. The van der Waals surface area contributed by atoms with Crippen LogP contribution in [-0.4, -0.2) is 37.5 Å². The van der Waals surface area contributed by atoms with Crippen molar-refractivity contribution in [3.8, 4) is 11.4 Å². The van der Waals surface area contributed by atoms with E-state index in [2.05, 4.69) is 10.2 Å². The largest absolute Gasteiger partial charge is 0.490 e. The highest BCUT2D eigenvalue weighted by molar-refractivity contribution is 6.24. The number of halogens is 4. The fraction of sp³-hybridized carbons (Fsp3) is 0.464. The summed E-state index contributed by atoms with van der Waals surface area (Å²) in [5.74, 6) is 1.04. The van der Waals surface area contributed by atoms with Crippen molar-refractivity contribution in [1.82, 2.24) is 19.7 Å². The van der Waals surface area contributed by atoms with Gasteiger partial charge in [0.2, 0.25) is 0 Å². The van der Waals surface area contributed by atoms with Gasteiger partial charge in [-0.3, -0.25) is 9.47 Å². The summed E-state index contributed by atoms with van der Waals surface area (Å²) in [4.78, 5) is 13.9. The quantitative estimate of drug-likeness (QED) is 0.322. The Morgan fingerprint density at radius 1 is 1.05 bits per heavy atom. The summed E-state index contributed by atoms with van der Waals surface area (Å²) >= 11 is 7.17. The molecule has 0 saturated heterocycles. The second-order valence-corrected chi connectivity index (χ2v) is 11.8. The lowest BCUT2D eigenvalue weighted by atomic mass is 9.81. The Bertz CT molecular complexity index is 1340. The summed E-state index contributed by atoms with van der Waals surface area (Å²) in [5, 5.41) is 8.23. The molecule has 1 aliphatic carbocycles. The van der Waals surface area contributed by atoms with Crippen LogP contribution in [0, 0.1) is 0 Å². The molecule has 0 N–H and O–H groups in total. The minimum atomic E-state index is -4.38. The van der Waals surface area contributed by atoms with Gasteiger partial charge in [-0.1, -0.05) is 12.1 Å². The Hall–Kier alpha value is -3.27. The predicted molar refractivity (Wildman–Crippen MR) is 139 cm³/mol. The molecule has 1 amide bonds. The predicted octanol–water partition coefficient (Wildman–Crippen LogP) is 6.99. The van der Waals surface area contributed by atoms with Crippen molar-refractivity contribution in [1.29, 1.82) is 0 Å². The molecule has 0 atom stereocenters. The highest BCUT2D eigenvalue weighted by Crippen LogP contribution is 2.45. The minimum Gasteiger partial charge on any atom is -0.490 e. The van der Waals surface area contributed by atoms with Gasteiger partial charge in [0.1, 0.15) is 17.7 Å². The van der Waals surface area contributed by atoms with Crippen LogP contribution in [0.25, 0.3) is 5.69 Å². The van der Waals surface area contributed by atoms with Gasteiger partial charge >= 0.3 is 12.3 Å². The number of carbonyl (C=O) groups excluding carboxylic acids is 1.